The summed E-state index contributed by atoms with van der Waals surface area (Å²) in [4.78, 5) is 15.5. The Morgan fingerprint density at radius 3 is 2.62 bits per heavy atom. The lowest BCUT2D eigenvalue weighted by atomic mass is 10.1. The number of unbranched alkanes of at least 4 members (excludes halogenated alkanes) is 1. The Morgan fingerprint density at radius 2 is 1.92 bits per heavy atom. The third-order valence-corrected chi connectivity index (χ3v) is 4.14. The fourth-order valence-electron chi connectivity index (χ4n) is 2.77. The van der Waals surface area contributed by atoms with Gasteiger partial charge in [-0.2, -0.15) is 0 Å². The molecule has 0 unspecified atom stereocenters. The molecular weight excluding hydrogens is 328 g/mol. The molecule has 0 aliphatic heterocycles. The fraction of sp³-hybridized carbons (Fsp3) is 0.300. The molecule has 0 saturated heterocycles. The minimum Gasteiger partial charge on any atom is -0.481 e. The molecule has 0 aliphatic rings. The van der Waals surface area contributed by atoms with Crippen molar-refractivity contribution < 1.29 is 9.90 Å². The molecule has 26 heavy (non-hydrogen) atoms. The van der Waals surface area contributed by atoms with Crippen LogP contribution in [0.3, 0.4) is 0 Å². The second kappa shape index (κ2) is 7.91. The zero-order valence-corrected chi connectivity index (χ0v) is 15.0. The van der Waals surface area contributed by atoms with Crippen molar-refractivity contribution in [1.82, 2.24) is 9.38 Å². The molecule has 6 nitrogen and oxygen atoms in total. The van der Waals surface area contributed by atoms with E-state index in [1.807, 2.05) is 37.4 Å². The number of nitrogens with zero attached hydrogens (tertiary/aromatic N) is 4. The summed E-state index contributed by atoms with van der Waals surface area (Å²) in [7, 11) is 0. The average Bonchev–Trinajstić information content (AvgIpc) is 2.94. The van der Waals surface area contributed by atoms with Gasteiger partial charge in [-0.25, -0.2) is 4.98 Å². The highest BCUT2D eigenvalue weighted by Gasteiger charge is 2.15. The highest BCUT2D eigenvalue weighted by molar-refractivity contribution is 5.72. The lowest BCUT2D eigenvalue weighted by Gasteiger charge is -2.01. The first-order valence-electron chi connectivity index (χ1n) is 8.77. The monoisotopic (exact) mass is 350 g/mol. The van der Waals surface area contributed by atoms with Crippen molar-refractivity contribution in [2.45, 2.75) is 39.5 Å². The number of aliphatic carboxylic acids is 1. The highest BCUT2D eigenvalue weighted by atomic mass is 16.4. The van der Waals surface area contributed by atoms with E-state index in [4.69, 9.17) is 5.11 Å². The number of benzene rings is 1. The van der Waals surface area contributed by atoms with E-state index >= 15 is 0 Å². The number of hydrogen-bond donors (Lipinski definition) is 1. The van der Waals surface area contributed by atoms with E-state index in [9.17, 15) is 4.79 Å². The molecule has 6 heteroatoms. The molecule has 0 fully saturated rings. The Bertz CT molecular complexity index is 942. The van der Waals surface area contributed by atoms with Crippen LogP contribution in [0, 0.1) is 6.92 Å². The molecule has 0 atom stereocenters. The first-order valence-corrected chi connectivity index (χ1v) is 8.77. The van der Waals surface area contributed by atoms with Gasteiger partial charge < -0.3 is 5.11 Å². The summed E-state index contributed by atoms with van der Waals surface area (Å²) in [5.74, 6) is -0.483. The first-order chi connectivity index (χ1) is 12.6. The summed E-state index contributed by atoms with van der Waals surface area (Å²) in [6.07, 6.45) is 5.09. The number of aromatic nitrogens is 2. The maximum atomic E-state index is 11.1. The Labute approximate surface area is 152 Å². The predicted molar refractivity (Wildman–Crippen MR) is 100 cm³/mol. The molecule has 0 spiro atoms. The molecule has 3 rings (SSSR count). The van der Waals surface area contributed by atoms with Crippen LogP contribution in [0.1, 0.15) is 36.6 Å². The molecule has 0 bridgehead atoms. The minimum absolute atomic E-state index is 0.189. The van der Waals surface area contributed by atoms with Crippen LogP contribution < -0.4 is 0 Å². The van der Waals surface area contributed by atoms with Gasteiger partial charge in [0.05, 0.1) is 17.8 Å². The normalized spacial score (nSPS) is 11.5. The standard InChI is InChI=1S/C20H22N4O2/c1-3-4-5-15-7-9-16(10-8-15)22-23-20-17(12-19(25)26)21-18-11-6-14(2)13-24(18)20/h6-11,13H,3-5,12H2,1-2H3,(H,25,26). The van der Waals surface area contributed by atoms with Crippen molar-refractivity contribution in [3.05, 3.63) is 59.4 Å². The third-order valence-electron chi connectivity index (χ3n) is 4.14. The molecule has 0 radical (unpaired) electrons. The Balaban J connectivity index is 1.92. The van der Waals surface area contributed by atoms with Crippen LogP contribution >= 0.6 is 0 Å². The maximum absolute atomic E-state index is 11.1. The van der Waals surface area contributed by atoms with Gasteiger partial charge in [-0.1, -0.05) is 31.5 Å². The molecule has 134 valence electrons. The van der Waals surface area contributed by atoms with Crippen molar-refractivity contribution in [2.24, 2.45) is 10.2 Å². The zero-order valence-electron chi connectivity index (χ0n) is 15.0. The summed E-state index contributed by atoms with van der Waals surface area (Å²) in [5, 5.41) is 17.7. The van der Waals surface area contributed by atoms with Crippen LogP contribution in [0.25, 0.3) is 5.65 Å². The Hall–Kier alpha value is -3.02. The lowest BCUT2D eigenvalue weighted by Crippen LogP contribution is -2.00. The SMILES string of the molecule is CCCCc1ccc(N=Nc2c(CC(=O)O)nc3ccc(C)cn23)cc1. The minimum atomic E-state index is -0.943. The maximum Gasteiger partial charge on any atom is 0.309 e. The largest absolute Gasteiger partial charge is 0.481 e. The number of carboxylic acids is 1. The quantitative estimate of drug-likeness (QED) is 0.607. The lowest BCUT2D eigenvalue weighted by molar-refractivity contribution is -0.136. The van der Waals surface area contributed by atoms with E-state index < -0.39 is 5.97 Å². The van der Waals surface area contributed by atoms with Crippen molar-refractivity contribution in [1.29, 1.82) is 0 Å². The Morgan fingerprint density at radius 1 is 1.15 bits per heavy atom. The number of azo groups is 1. The van der Waals surface area contributed by atoms with Gasteiger partial charge >= 0.3 is 5.97 Å². The number of carbonyl (C=O) groups is 1. The van der Waals surface area contributed by atoms with Crippen LogP contribution in [0.15, 0.2) is 52.8 Å². The van der Waals surface area contributed by atoms with Gasteiger partial charge in [-0.05, 0) is 49.1 Å². The van der Waals surface area contributed by atoms with E-state index in [0.717, 1.165) is 17.7 Å². The second-order valence-corrected chi connectivity index (χ2v) is 6.36. The molecule has 0 amide bonds. The predicted octanol–water partition coefficient (Wildman–Crippen LogP) is 5.03. The summed E-state index contributed by atoms with van der Waals surface area (Å²) in [5.41, 5.74) is 4.12. The van der Waals surface area contributed by atoms with Crippen LogP contribution in [0.2, 0.25) is 0 Å². The van der Waals surface area contributed by atoms with Gasteiger partial charge in [0.1, 0.15) is 5.65 Å². The second-order valence-electron chi connectivity index (χ2n) is 6.36. The number of hydrogen-bond acceptors (Lipinski definition) is 4. The van der Waals surface area contributed by atoms with Crippen molar-refractivity contribution in [3.63, 3.8) is 0 Å². The average molecular weight is 350 g/mol. The fourth-order valence-corrected chi connectivity index (χ4v) is 2.77. The van der Waals surface area contributed by atoms with Gasteiger partial charge in [0.15, 0.2) is 5.82 Å². The van der Waals surface area contributed by atoms with Crippen molar-refractivity contribution in [2.75, 3.05) is 0 Å². The molecule has 1 N–H and O–H groups in total. The molecule has 0 saturated carbocycles. The highest BCUT2D eigenvalue weighted by Crippen LogP contribution is 2.25. The first kappa shape index (κ1) is 17.8. The van der Waals surface area contributed by atoms with E-state index in [0.29, 0.717) is 17.2 Å². The molecule has 1 aromatic carbocycles. The third kappa shape index (κ3) is 4.14. The van der Waals surface area contributed by atoms with Gasteiger partial charge in [0.25, 0.3) is 0 Å². The smallest absolute Gasteiger partial charge is 0.309 e. The molecule has 3 aromatic rings. The van der Waals surface area contributed by atoms with Crippen LogP contribution in [0.4, 0.5) is 11.5 Å². The summed E-state index contributed by atoms with van der Waals surface area (Å²) in [6.45, 7) is 4.14. The van der Waals surface area contributed by atoms with Gasteiger partial charge in [0.2, 0.25) is 0 Å². The summed E-state index contributed by atoms with van der Waals surface area (Å²) < 4.78 is 1.78. The van der Waals surface area contributed by atoms with E-state index in [1.165, 1.54) is 18.4 Å². The van der Waals surface area contributed by atoms with E-state index in [1.54, 1.807) is 4.40 Å². The summed E-state index contributed by atoms with van der Waals surface area (Å²) in [6, 6.07) is 11.8. The molecule has 2 aromatic heterocycles. The van der Waals surface area contributed by atoms with Gasteiger partial charge in [0, 0.05) is 6.20 Å². The number of fused-ring (bicyclic) bond motifs is 1. The van der Waals surface area contributed by atoms with Crippen LogP contribution in [0.5, 0.6) is 0 Å². The molecular formula is C20H22N4O2. The van der Waals surface area contributed by atoms with Gasteiger partial charge in [-0.3, -0.25) is 9.20 Å². The summed E-state index contributed by atoms with van der Waals surface area (Å²) >= 11 is 0. The molecule has 0 aliphatic carbocycles. The van der Waals surface area contributed by atoms with E-state index in [2.05, 4.69) is 34.3 Å². The number of pyridine rings is 1. The van der Waals surface area contributed by atoms with Crippen LogP contribution in [-0.4, -0.2) is 20.5 Å². The van der Waals surface area contributed by atoms with Crippen molar-refractivity contribution in [3.8, 4) is 0 Å². The number of aryl methyl sites for hydroxylation is 2. The number of rotatable bonds is 7. The van der Waals surface area contributed by atoms with E-state index in [-0.39, 0.29) is 6.42 Å². The zero-order chi connectivity index (χ0) is 18.5. The topological polar surface area (TPSA) is 79.3 Å². The molecule has 2 heterocycles. The Kier molecular flexibility index (Phi) is 5.41. The number of imidazole rings is 1. The van der Waals surface area contributed by atoms with Crippen molar-refractivity contribution >= 4 is 23.1 Å². The van der Waals surface area contributed by atoms with Crippen LogP contribution in [-0.2, 0) is 17.6 Å². The number of carboxylic acid groups (broad SMARTS) is 1. The van der Waals surface area contributed by atoms with Gasteiger partial charge in [-0.15, -0.1) is 10.2 Å².